The molecule has 0 rings (SSSR count). The van der Waals surface area contributed by atoms with Crippen molar-refractivity contribution in [1.82, 2.24) is 0 Å². The van der Waals surface area contributed by atoms with Crippen LogP contribution in [0.2, 0.25) is 0 Å². The van der Waals surface area contributed by atoms with E-state index in [9.17, 15) is 19.5 Å². The van der Waals surface area contributed by atoms with Gasteiger partial charge >= 0.3 is 11.9 Å². The zero-order chi connectivity index (χ0) is 46.3. The van der Waals surface area contributed by atoms with Gasteiger partial charge in [0.25, 0.3) is 0 Å². The van der Waals surface area contributed by atoms with Crippen molar-refractivity contribution in [2.45, 2.75) is 155 Å². The van der Waals surface area contributed by atoms with E-state index in [0.717, 1.165) is 103 Å². The van der Waals surface area contributed by atoms with Gasteiger partial charge in [-0.1, -0.05) is 161 Å². The van der Waals surface area contributed by atoms with Gasteiger partial charge in [0, 0.05) is 12.8 Å². The van der Waals surface area contributed by atoms with Crippen LogP contribution in [0.5, 0.6) is 0 Å². The maximum atomic E-state index is 12.7. The summed E-state index contributed by atoms with van der Waals surface area (Å²) in [6, 6.07) is 0. The SMILES string of the molecule is CC/C=C\C/C=C\C/C=C\C/C=C\C/C=C\C/C=C\CCC(=O)OC(COC(=O)CCCCCCCC/C=C\C/C=C\C/C=C\C/C=C\CC)COC(OCC[N+](C)(C)C)C(=O)[O-]. The molecular weight excluding hydrogens is 791 g/mol. The quantitative estimate of drug-likeness (QED) is 0.0196. The van der Waals surface area contributed by atoms with Gasteiger partial charge in [0.1, 0.15) is 13.2 Å². The average Bonchev–Trinajstić information content (AvgIpc) is 3.24. The van der Waals surface area contributed by atoms with E-state index >= 15 is 0 Å². The van der Waals surface area contributed by atoms with Crippen LogP contribution >= 0.6 is 0 Å². The van der Waals surface area contributed by atoms with Crippen LogP contribution in [0.15, 0.2) is 122 Å². The highest BCUT2D eigenvalue weighted by atomic mass is 16.7. The number of carbonyl (C=O) groups is 3. The fourth-order valence-electron chi connectivity index (χ4n) is 5.61. The van der Waals surface area contributed by atoms with E-state index in [-0.39, 0.29) is 32.7 Å². The molecule has 0 aromatic carbocycles. The monoisotopic (exact) mass is 876 g/mol. The summed E-state index contributed by atoms with van der Waals surface area (Å²) in [7, 11) is 5.87. The maximum absolute atomic E-state index is 12.7. The first-order chi connectivity index (χ1) is 30.6. The van der Waals surface area contributed by atoms with Gasteiger partial charge in [0.15, 0.2) is 12.4 Å². The Balaban J connectivity index is 4.58. The molecule has 0 N–H and O–H groups in total. The van der Waals surface area contributed by atoms with Gasteiger partial charge < -0.3 is 33.3 Å². The van der Waals surface area contributed by atoms with E-state index in [0.29, 0.717) is 23.9 Å². The lowest BCUT2D eigenvalue weighted by Crippen LogP contribution is -2.44. The van der Waals surface area contributed by atoms with Gasteiger partial charge in [-0.2, -0.15) is 0 Å². The number of esters is 2. The van der Waals surface area contributed by atoms with Gasteiger partial charge in [-0.15, -0.1) is 0 Å². The summed E-state index contributed by atoms with van der Waals surface area (Å²) in [6.45, 7) is 4.37. The van der Waals surface area contributed by atoms with E-state index in [1.807, 2.05) is 33.3 Å². The fourth-order valence-corrected chi connectivity index (χ4v) is 5.61. The summed E-state index contributed by atoms with van der Waals surface area (Å²) < 4.78 is 22.5. The highest BCUT2D eigenvalue weighted by Crippen LogP contribution is 2.11. The molecule has 0 radical (unpaired) electrons. The van der Waals surface area contributed by atoms with E-state index in [4.69, 9.17) is 18.9 Å². The van der Waals surface area contributed by atoms with Crippen molar-refractivity contribution >= 4 is 17.9 Å². The van der Waals surface area contributed by atoms with Crippen molar-refractivity contribution in [3.05, 3.63) is 122 Å². The van der Waals surface area contributed by atoms with Crippen LogP contribution in [0, 0.1) is 0 Å². The summed E-state index contributed by atoms with van der Waals surface area (Å²) in [5, 5.41) is 11.7. The lowest BCUT2D eigenvalue weighted by molar-refractivity contribution is -0.870. The number of carbonyl (C=O) groups excluding carboxylic acids is 3. The number of rotatable bonds is 41. The molecule has 9 nitrogen and oxygen atoms in total. The van der Waals surface area contributed by atoms with E-state index in [1.165, 1.54) is 0 Å². The van der Waals surface area contributed by atoms with Gasteiger partial charge in [0.05, 0.1) is 40.3 Å². The molecular formula is C54H85NO8. The number of carboxylic acids is 1. The van der Waals surface area contributed by atoms with Crippen molar-refractivity contribution < 1.29 is 42.9 Å². The van der Waals surface area contributed by atoms with E-state index in [2.05, 4.69) is 123 Å². The summed E-state index contributed by atoms with van der Waals surface area (Å²) in [5.74, 6) is -2.44. The first-order valence-corrected chi connectivity index (χ1v) is 23.7. The summed E-state index contributed by atoms with van der Waals surface area (Å²) in [4.78, 5) is 37.0. The number of likely N-dealkylation sites (N-methyl/N-ethyl adjacent to an activating group) is 1. The van der Waals surface area contributed by atoms with Crippen LogP contribution in [-0.2, 0) is 33.3 Å². The number of carboxylic acid groups (broad SMARTS) is 1. The number of hydrogen-bond donors (Lipinski definition) is 0. The van der Waals surface area contributed by atoms with Crippen molar-refractivity contribution in [3.63, 3.8) is 0 Å². The minimum absolute atomic E-state index is 0.111. The Morgan fingerprint density at radius 1 is 0.476 bits per heavy atom. The Morgan fingerprint density at radius 3 is 1.33 bits per heavy atom. The number of quaternary nitrogens is 1. The molecule has 9 heteroatoms. The molecule has 63 heavy (non-hydrogen) atoms. The molecule has 2 unspecified atom stereocenters. The highest BCUT2D eigenvalue weighted by molar-refractivity contribution is 5.70. The first kappa shape index (κ1) is 58.7. The average molecular weight is 876 g/mol. The number of hydrogen-bond acceptors (Lipinski definition) is 8. The van der Waals surface area contributed by atoms with Gasteiger partial charge in [-0.05, 0) is 89.9 Å². The maximum Gasteiger partial charge on any atom is 0.306 e. The number of unbranched alkanes of at least 4 members (excludes halogenated alkanes) is 6. The summed E-state index contributed by atoms with van der Waals surface area (Å²) in [5.41, 5.74) is 0. The number of ether oxygens (including phenoxy) is 4. The highest BCUT2D eigenvalue weighted by Gasteiger charge is 2.21. The lowest BCUT2D eigenvalue weighted by atomic mass is 10.1. The largest absolute Gasteiger partial charge is 0.545 e. The normalized spacial score (nSPS) is 14.0. The fraction of sp³-hybridized carbons (Fsp3) is 0.574. The van der Waals surface area contributed by atoms with Crippen LogP contribution in [0.1, 0.15) is 142 Å². The van der Waals surface area contributed by atoms with Crippen LogP contribution in [-0.4, -0.2) is 82.3 Å². The molecule has 0 aliphatic carbocycles. The molecule has 0 spiro atoms. The van der Waals surface area contributed by atoms with Gasteiger partial charge in [-0.3, -0.25) is 9.59 Å². The Hall–Kier alpha value is -4.31. The third-order valence-electron chi connectivity index (χ3n) is 9.22. The van der Waals surface area contributed by atoms with E-state index < -0.39 is 30.3 Å². The second-order valence-electron chi connectivity index (χ2n) is 16.3. The molecule has 0 amide bonds. The minimum atomic E-state index is -1.65. The number of nitrogens with zero attached hydrogens (tertiary/aromatic N) is 1. The van der Waals surface area contributed by atoms with Crippen molar-refractivity contribution in [2.75, 3.05) is 47.5 Å². The topological polar surface area (TPSA) is 111 Å². The second-order valence-corrected chi connectivity index (χ2v) is 16.3. The third-order valence-corrected chi connectivity index (χ3v) is 9.22. The molecule has 0 aromatic rings. The van der Waals surface area contributed by atoms with Crippen LogP contribution in [0.25, 0.3) is 0 Å². The van der Waals surface area contributed by atoms with Crippen molar-refractivity contribution in [1.29, 1.82) is 0 Å². The predicted molar refractivity (Wildman–Crippen MR) is 260 cm³/mol. The summed E-state index contributed by atoms with van der Waals surface area (Å²) >= 11 is 0. The molecule has 0 saturated carbocycles. The van der Waals surface area contributed by atoms with Crippen LogP contribution in [0.4, 0.5) is 0 Å². The molecule has 354 valence electrons. The number of aliphatic carboxylic acids is 1. The second kappa shape index (κ2) is 44.3. The molecule has 2 atom stereocenters. The van der Waals surface area contributed by atoms with E-state index in [1.54, 1.807) is 0 Å². The smallest absolute Gasteiger partial charge is 0.306 e. The predicted octanol–water partition coefficient (Wildman–Crippen LogP) is 11.7. The van der Waals surface area contributed by atoms with Crippen LogP contribution in [0.3, 0.4) is 0 Å². The standard InChI is InChI=1S/C54H85NO8/c1-6-8-10-12-14-16-18-20-22-24-26-28-30-32-34-36-38-40-42-44-51(56)61-48-50(49-62-54(53(58)59)60-47-46-55(3,4)5)63-52(57)45-43-41-39-37-35-33-31-29-27-25-23-21-19-17-15-13-11-9-7-2/h8-11,14-17,20-23,26-29,33,35,39,41,50,54H,6-7,12-13,18-19,24-25,30-32,34,36-38,40,42-49H2,1-5H3/b10-8-,11-9-,16-14-,17-15-,22-20-,23-21-,28-26-,29-27-,35-33-,41-39-. The molecule has 0 saturated heterocycles. The number of allylic oxidation sites excluding steroid dienone is 20. The Morgan fingerprint density at radius 2 is 0.889 bits per heavy atom. The zero-order valence-corrected chi connectivity index (χ0v) is 39.9. The Bertz CT molecular complexity index is 1440. The van der Waals surface area contributed by atoms with Crippen molar-refractivity contribution in [2.24, 2.45) is 0 Å². The molecule has 0 fully saturated rings. The Kier molecular flexibility index (Phi) is 41.3. The first-order valence-electron chi connectivity index (χ1n) is 23.7. The molecule has 0 aliphatic heterocycles. The minimum Gasteiger partial charge on any atom is -0.545 e. The van der Waals surface area contributed by atoms with Crippen molar-refractivity contribution in [3.8, 4) is 0 Å². The molecule has 0 aromatic heterocycles. The molecule has 0 aliphatic rings. The summed E-state index contributed by atoms with van der Waals surface area (Å²) in [6.07, 6.45) is 58.2. The Labute approximate surface area is 383 Å². The zero-order valence-electron chi connectivity index (χ0n) is 39.9. The molecule has 0 bridgehead atoms. The van der Waals surface area contributed by atoms with Gasteiger partial charge in [0.2, 0.25) is 0 Å². The third kappa shape index (κ3) is 45.5. The molecule has 0 heterocycles. The lowest BCUT2D eigenvalue weighted by Gasteiger charge is -2.26. The van der Waals surface area contributed by atoms with Crippen LogP contribution < -0.4 is 5.11 Å². The van der Waals surface area contributed by atoms with Gasteiger partial charge in [-0.25, -0.2) is 0 Å².